The van der Waals surface area contributed by atoms with Gasteiger partial charge in [0.25, 0.3) is 0 Å². The first-order valence-electron chi connectivity index (χ1n) is 12.3. The molecule has 0 unspecified atom stereocenters. The lowest BCUT2D eigenvalue weighted by atomic mass is 10.1. The van der Waals surface area contributed by atoms with E-state index in [2.05, 4.69) is 5.32 Å². The standard InChI is InChI=1S/C27H38ClN3O5S/c1-7-24(27(33)29-19(2)3)30(18-21-11-14-23(36-5)15-12-21)26(32)9-8-16-31(37(6,34)35)25-17-22(28)13-10-20(25)4/h10-15,17,19,24H,7-9,16,18H2,1-6H3,(H,29,33)/t24-/m0/s1. The molecule has 0 spiro atoms. The van der Waals surface area contributed by atoms with Gasteiger partial charge in [-0.1, -0.05) is 36.7 Å². The summed E-state index contributed by atoms with van der Waals surface area (Å²) in [5.74, 6) is 0.257. The second-order valence-electron chi connectivity index (χ2n) is 9.33. The molecule has 0 saturated heterocycles. The predicted octanol–water partition coefficient (Wildman–Crippen LogP) is 4.54. The number of methoxy groups -OCH3 is 1. The number of rotatable bonds is 13. The zero-order chi connectivity index (χ0) is 27.8. The first kappa shape index (κ1) is 30.4. The van der Waals surface area contributed by atoms with Crippen molar-refractivity contribution < 1.29 is 22.7 Å². The van der Waals surface area contributed by atoms with E-state index in [4.69, 9.17) is 16.3 Å². The maximum absolute atomic E-state index is 13.5. The number of nitrogens with one attached hydrogen (secondary N) is 1. The molecule has 0 aliphatic carbocycles. The van der Waals surface area contributed by atoms with Gasteiger partial charge in [-0.25, -0.2) is 8.42 Å². The summed E-state index contributed by atoms with van der Waals surface area (Å²) in [7, 11) is -2.02. The van der Waals surface area contributed by atoms with Crippen LogP contribution in [0.15, 0.2) is 42.5 Å². The van der Waals surface area contributed by atoms with Gasteiger partial charge in [0.05, 0.1) is 19.1 Å². The largest absolute Gasteiger partial charge is 0.497 e. The Balaban J connectivity index is 2.25. The van der Waals surface area contributed by atoms with Crippen LogP contribution in [0.25, 0.3) is 0 Å². The number of carbonyl (C=O) groups is 2. The Kier molecular flexibility index (Phi) is 11.3. The number of carbonyl (C=O) groups excluding carboxylic acids is 2. The molecule has 10 heteroatoms. The van der Waals surface area contributed by atoms with Crippen molar-refractivity contribution in [3.8, 4) is 5.75 Å². The molecule has 1 N–H and O–H groups in total. The molecule has 8 nitrogen and oxygen atoms in total. The Labute approximate surface area is 226 Å². The Morgan fingerprint density at radius 2 is 1.76 bits per heavy atom. The fourth-order valence-corrected chi connectivity index (χ4v) is 5.24. The number of hydrogen-bond acceptors (Lipinski definition) is 5. The quantitative estimate of drug-likeness (QED) is 0.394. The van der Waals surface area contributed by atoms with Crippen molar-refractivity contribution >= 4 is 39.1 Å². The van der Waals surface area contributed by atoms with E-state index in [1.807, 2.05) is 52.0 Å². The first-order chi connectivity index (χ1) is 17.4. The highest BCUT2D eigenvalue weighted by Crippen LogP contribution is 2.27. The lowest BCUT2D eigenvalue weighted by Gasteiger charge is -2.31. The van der Waals surface area contributed by atoms with Crippen LogP contribution in [0.2, 0.25) is 5.02 Å². The normalized spacial score (nSPS) is 12.2. The molecule has 0 aliphatic heterocycles. The Bertz CT molecular complexity index is 1170. The van der Waals surface area contributed by atoms with E-state index in [-0.39, 0.29) is 43.8 Å². The van der Waals surface area contributed by atoms with Gasteiger partial charge in [0.15, 0.2) is 0 Å². The van der Waals surface area contributed by atoms with E-state index < -0.39 is 16.1 Å². The fourth-order valence-electron chi connectivity index (χ4n) is 4.06. The monoisotopic (exact) mass is 551 g/mol. The van der Waals surface area contributed by atoms with Gasteiger partial charge in [0, 0.05) is 30.6 Å². The van der Waals surface area contributed by atoms with Crippen LogP contribution in [0.1, 0.15) is 51.2 Å². The van der Waals surface area contributed by atoms with Gasteiger partial charge < -0.3 is 15.0 Å². The second kappa shape index (κ2) is 13.7. The van der Waals surface area contributed by atoms with Crippen molar-refractivity contribution in [1.82, 2.24) is 10.2 Å². The molecule has 2 rings (SSSR count). The van der Waals surface area contributed by atoms with Crippen molar-refractivity contribution in [2.75, 3.05) is 24.2 Å². The van der Waals surface area contributed by atoms with E-state index in [1.165, 1.54) is 4.31 Å². The molecule has 1 atom stereocenters. The van der Waals surface area contributed by atoms with Gasteiger partial charge in [-0.05, 0) is 69.0 Å². The van der Waals surface area contributed by atoms with E-state index in [1.54, 1.807) is 30.2 Å². The number of ether oxygens (including phenoxy) is 1. The van der Waals surface area contributed by atoms with Crippen LogP contribution in [-0.4, -0.2) is 57.1 Å². The third kappa shape index (κ3) is 8.93. The highest BCUT2D eigenvalue weighted by Gasteiger charge is 2.29. The van der Waals surface area contributed by atoms with Crippen molar-refractivity contribution in [3.63, 3.8) is 0 Å². The van der Waals surface area contributed by atoms with Crippen molar-refractivity contribution in [2.24, 2.45) is 0 Å². The number of aryl methyl sites for hydroxylation is 1. The summed E-state index contributed by atoms with van der Waals surface area (Å²) in [6.07, 6.45) is 1.93. The zero-order valence-electron chi connectivity index (χ0n) is 22.5. The van der Waals surface area contributed by atoms with Crippen molar-refractivity contribution in [2.45, 2.75) is 65.6 Å². The molecule has 0 fully saturated rings. The number of benzene rings is 2. The summed E-state index contributed by atoms with van der Waals surface area (Å²) in [6.45, 7) is 7.78. The summed E-state index contributed by atoms with van der Waals surface area (Å²) < 4.78 is 31.6. The maximum atomic E-state index is 13.5. The van der Waals surface area contributed by atoms with Crippen LogP contribution in [-0.2, 0) is 26.2 Å². The molecule has 0 aromatic heterocycles. The molecule has 2 aromatic carbocycles. The molecule has 37 heavy (non-hydrogen) atoms. The van der Waals surface area contributed by atoms with Gasteiger partial charge in [0.2, 0.25) is 21.8 Å². The van der Waals surface area contributed by atoms with Crippen molar-refractivity contribution in [1.29, 1.82) is 0 Å². The maximum Gasteiger partial charge on any atom is 0.243 e. The minimum absolute atomic E-state index is 0.0660. The third-order valence-corrected chi connectivity index (χ3v) is 7.34. The number of sulfonamides is 1. The van der Waals surface area contributed by atoms with Crippen LogP contribution in [0.4, 0.5) is 5.69 Å². The molecular weight excluding hydrogens is 514 g/mol. The summed E-state index contributed by atoms with van der Waals surface area (Å²) in [4.78, 5) is 28.0. The number of halogens is 1. The molecule has 204 valence electrons. The highest BCUT2D eigenvalue weighted by molar-refractivity contribution is 7.92. The molecule has 0 aliphatic rings. The summed E-state index contributed by atoms with van der Waals surface area (Å²) >= 11 is 6.12. The van der Waals surface area contributed by atoms with Gasteiger partial charge in [-0.15, -0.1) is 0 Å². The summed E-state index contributed by atoms with van der Waals surface area (Å²) in [5.41, 5.74) is 2.11. The lowest BCUT2D eigenvalue weighted by Crippen LogP contribution is -2.50. The number of hydrogen-bond donors (Lipinski definition) is 1. The van der Waals surface area contributed by atoms with Crippen LogP contribution in [0.5, 0.6) is 5.75 Å². The Morgan fingerprint density at radius 1 is 1.11 bits per heavy atom. The average molecular weight is 552 g/mol. The predicted molar refractivity (Wildman–Crippen MR) is 149 cm³/mol. The third-order valence-electron chi connectivity index (χ3n) is 5.92. The number of anilines is 1. The van der Waals surface area contributed by atoms with E-state index in [0.29, 0.717) is 22.9 Å². The second-order valence-corrected chi connectivity index (χ2v) is 11.7. The summed E-state index contributed by atoms with van der Waals surface area (Å²) in [5, 5.41) is 3.34. The van der Waals surface area contributed by atoms with Gasteiger partial charge >= 0.3 is 0 Å². The SMILES string of the molecule is CC[C@@H](C(=O)NC(C)C)N(Cc1ccc(OC)cc1)C(=O)CCCN(c1cc(Cl)ccc1C)S(C)(=O)=O. The summed E-state index contributed by atoms with van der Waals surface area (Å²) in [6, 6.07) is 11.7. The van der Waals surface area contributed by atoms with Crippen molar-refractivity contribution in [3.05, 3.63) is 58.6 Å². The molecular formula is C27H38ClN3O5S. The highest BCUT2D eigenvalue weighted by atomic mass is 35.5. The topological polar surface area (TPSA) is 96.0 Å². The van der Waals surface area contributed by atoms with Crippen LogP contribution in [0.3, 0.4) is 0 Å². The Hall–Kier alpha value is -2.78. The van der Waals surface area contributed by atoms with Gasteiger partial charge in [0.1, 0.15) is 11.8 Å². The van der Waals surface area contributed by atoms with Crippen LogP contribution >= 0.6 is 11.6 Å². The molecule has 0 saturated carbocycles. The Morgan fingerprint density at radius 3 is 2.30 bits per heavy atom. The minimum atomic E-state index is -3.60. The van der Waals surface area contributed by atoms with Gasteiger partial charge in [-0.2, -0.15) is 0 Å². The minimum Gasteiger partial charge on any atom is -0.497 e. The number of nitrogens with zero attached hydrogens (tertiary/aromatic N) is 2. The van der Waals surface area contributed by atoms with E-state index in [0.717, 1.165) is 17.4 Å². The fraction of sp³-hybridized carbons (Fsp3) is 0.481. The first-order valence-corrected chi connectivity index (χ1v) is 14.6. The van der Waals surface area contributed by atoms with E-state index in [9.17, 15) is 18.0 Å². The average Bonchev–Trinajstić information content (AvgIpc) is 2.82. The van der Waals surface area contributed by atoms with Crippen LogP contribution < -0.4 is 14.4 Å². The molecule has 2 amide bonds. The molecule has 0 radical (unpaired) electrons. The molecule has 0 heterocycles. The van der Waals surface area contributed by atoms with Crippen LogP contribution in [0, 0.1) is 6.92 Å². The van der Waals surface area contributed by atoms with Gasteiger partial charge in [-0.3, -0.25) is 13.9 Å². The zero-order valence-corrected chi connectivity index (χ0v) is 24.0. The smallest absolute Gasteiger partial charge is 0.243 e. The van der Waals surface area contributed by atoms with E-state index >= 15 is 0 Å². The molecule has 0 bridgehead atoms. The lowest BCUT2D eigenvalue weighted by molar-refractivity contribution is -0.141. The number of amides is 2. The molecule has 2 aromatic rings.